The first-order chi connectivity index (χ1) is 14.4. The smallest absolute Gasteiger partial charge is 0.151 e. The normalized spacial score (nSPS) is 18.9. The van der Waals surface area contributed by atoms with Gasteiger partial charge in [0.2, 0.25) is 0 Å². The monoisotopic (exact) mass is 435 g/mol. The van der Waals surface area contributed by atoms with Gasteiger partial charge in [0.1, 0.15) is 30.0 Å². The molecule has 1 aliphatic rings. The quantitative estimate of drug-likeness (QED) is 0.612. The summed E-state index contributed by atoms with van der Waals surface area (Å²) in [5, 5.41) is 10.6. The number of nitrogens with zero attached hydrogens (tertiary/aromatic N) is 1. The van der Waals surface area contributed by atoms with Crippen LogP contribution < -0.4 is 14.2 Å². The molecule has 0 radical (unpaired) electrons. The molecule has 0 saturated carbocycles. The van der Waals surface area contributed by atoms with E-state index < -0.39 is 15.9 Å². The van der Waals surface area contributed by atoms with Crippen LogP contribution in [-0.4, -0.2) is 69.4 Å². The van der Waals surface area contributed by atoms with Crippen LogP contribution in [0.15, 0.2) is 48.5 Å². The van der Waals surface area contributed by atoms with E-state index in [9.17, 15) is 13.5 Å². The summed E-state index contributed by atoms with van der Waals surface area (Å²) in [7, 11) is 0.185. The molecule has 8 heteroatoms. The van der Waals surface area contributed by atoms with Crippen molar-refractivity contribution in [3.05, 3.63) is 54.1 Å². The van der Waals surface area contributed by atoms with Crippen molar-refractivity contribution in [1.29, 1.82) is 0 Å². The topological polar surface area (TPSA) is 85.3 Å². The molecular weight excluding hydrogens is 406 g/mol. The van der Waals surface area contributed by atoms with Crippen LogP contribution in [0.4, 0.5) is 0 Å². The first-order valence-electron chi connectivity index (χ1n) is 9.91. The molecule has 3 rings (SSSR count). The van der Waals surface area contributed by atoms with E-state index in [2.05, 4.69) is 0 Å². The molecule has 2 unspecified atom stereocenters. The highest BCUT2D eigenvalue weighted by Gasteiger charge is 2.33. The molecule has 2 atom stereocenters. The maximum Gasteiger partial charge on any atom is 0.151 e. The second-order valence-electron chi connectivity index (χ2n) is 7.47. The van der Waals surface area contributed by atoms with Crippen LogP contribution in [0.3, 0.4) is 0 Å². The van der Waals surface area contributed by atoms with Gasteiger partial charge in [-0.1, -0.05) is 12.1 Å². The van der Waals surface area contributed by atoms with Crippen molar-refractivity contribution in [2.24, 2.45) is 0 Å². The summed E-state index contributed by atoms with van der Waals surface area (Å²) in [6.45, 7) is 0.983. The Morgan fingerprint density at radius 3 is 2.10 bits per heavy atom. The summed E-state index contributed by atoms with van der Waals surface area (Å²) in [5.41, 5.74) is 1.03. The van der Waals surface area contributed by atoms with Crippen molar-refractivity contribution in [3.63, 3.8) is 0 Å². The van der Waals surface area contributed by atoms with Crippen molar-refractivity contribution in [2.45, 2.75) is 25.1 Å². The highest BCUT2D eigenvalue weighted by atomic mass is 32.2. The highest BCUT2D eigenvalue weighted by molar-refractivity contribution is 7.91. The van der Waals surface area contributed by atoms with Gasteiger partial charge in [-0.25, -0.2) is 8.42 Å². The number of sulfone groups is 1. The molecule has 0 amide bonds. The molecule has 0 bridgehead atoms. The van der Waals surface area contributed by atoms with Gasteiger partial charge < -0.3 is 19.3 Å². The summed E-state index contributed by atoms with van der Waals surface area (Å²) < 4.78 is 40.0. The fraction of sp³-hybridized carbons (Fsp3) is 0.455. The number of aliphatic hydroxyl groups excluding tert-OH is 1. The fourth-order valence-corrected chi connectivity index (χ4v) is 5.32. The van der Waals surface area contributed by atoms with Crippen molar-refractivity contribution >= 4 is 9.84 Å². The molecule has 1 fully saturated rings. The lowest BCUT2D eigenvalue weighted by atomic mass is 10.1. The number of ether oxygens (including phenoxy) is 3. The zero-order valence-electron chi connectivity index (χ0n) is 17.4. The van der Waals surface area contributed by atoms with Crippen molar-refractivity contribution in [2.75, 3.05) is 38.9 Å². The van der Waals surface area contributed by atoms with Gasteiger partial charge in [0, 0.05) is 19.1 Å². The molecule has 1 aliphatic heterocycles. The Bertz CT molecular complexity index is 898. The van der Waals surface area contributed by atoms with E-state index in [1.165, 1.54) is 0 Å². The molecular formula is C22H29NO6S. The lowest BCUT2D eigenvalue weighted by Crippen LogP contribution is -2.42. The maximum absolute atomic E-state index is 12.0. The average Bonchev–Trinajstić information content (AvgIpc) is 3.12. The van der Waals surface area contributed by atoms with E-state index in [0.29, 0.717) is 25.3 Å². The Hall–Kier alpha value is -2.29. The third-order valence-corrected chi connectivity index (χ3v) is 6.97. The lowest BCUT2D eigenvalue weighted by Gasteiger charge is -2.30. The van der Waals surface area contributed by atoms with Crippen LogP contribution in [0, 0.1) is 0 Å². The van der Waals surface area contributed by atoms with Crippen LogP contribution >= 0.6 is 0 Å². The molecule has 7 nitrogen and oxygen atoms in total. The van der Waals surface area contributed by atoms with Crippen LogP contribution in [0.2, 0.25) is 0 Å². The van der Waals surface area contributed by atoms with E-state index in [1.807, 2.05) is 29.2 Å². The number of aliphatic hydroxyl groups is 1. The van der Waals surface area contributed by atoms with Gasteiger partial charge >= 0.3 is 0 Å². The minimum atomic E-state index is -3.03. The molecule has 1 saturated heterocycles. The van der Waals surface area contributed by atoms with E-state index in [-0.39, 0.29) is 24.2 Å². The van der Waals surface area contributed by atoms with Gasteiger partial charge in [-0.05, 0) is 48.4 Å². The van der Waals surface area contributed by atoms with Crippen molar-refractivity contribution in [3.8, 4) is 17.2 Å². The minimum absolute atomic E-state index is 0.116. The minimum Gasteiger partial charge on any atom is -0.497 e. The van der Waals surface area contributed by atoms with Gasteiger partial charge in [0.25, 0.3) is 0 Å². The molecule has 1 heterocycles. The Morgan fingerprint density at radius 1 is 1.00 bits per heavy atom. The van der Waals surface area contributed by atoms with E-state index in [4.69, 9.17) is 14.2 Å². The number of methoxy groups -OCH3 is 2. The zero-order chi connectivity index (χ0) is 21.6. The summed E-state index contributed by atoms with van der Waals surface area (Å²) >= 11 is 0. The largest absolute Gasteiger partial charge is 0.497 e. The molecule has 30 heavy (non-hydrogen) atoms. The number of hydrogen-bond acceptors (Lipinski definition) is 7. The predicted molar refractivity (Wildman–Crippen MR) is 115 cm³/mol. The Labute approximate surface area is 178 Å². The highest BCUT2D eigenvalue weighted by Crippen LogP contribution is 2.22. The van der Waals surface area contributed by atoms with Gasteiger partial charge in [-0.2, -0.15) is 0 Å². The maximum atomic E-state index is 12.0. The standard InChI is InChI=1S/C22H29NO6S/c1-27-20-5-3-17(4-6-20)13-23(18-11-12-30(25,26)16-18)14-19(24)15-29-22-9-7-21(28-2)8-10-22/h3-10,18-19,24H,11-16H2,1-2H3. The first-order valence-corrected chi connectivity index (χ1v) is 11.7. The van der Waals surface area contributed by atoms with E-state index in [1.54, 1.807) is 38.5 Å². The Balaban J connectivity index is 1.62. The number of benzene rings is 2. The van der Waals surface area contributed by atoms with Gasteiger partial charge in [0.15, 0.2) is 9.84 Å². The number of rotatable bonds is 10. The SMILES string of the molecule is COc1ccc(CN(CC(O)COc2ccc(OC)cc2)C2CCS(=O)(=O)C2)cc1. The molecule has 0 aromatic heterocycles. The molecule has 2 aromatic rings. The molecule has 2 aromatic carbocycles. The number of hydrogen-bond donors (Lipinski definition) is 1. The van der Waals surface area contributed by atoms with Crippen molar-refractivity contribution < 1.29 is 27.7 Å². The van der Waals surface area contributed by atoms with Crippen LogP contribution in [0.1, 0.15) is 12.0 Å². The van der Waals surface area contributed by atoms with Crippen molar-refractivity contribution in [1.82, 2.24) is 4.90 Å². The summed E-state index contributed by atoms with van der Waals surface area (Å²) in [6.07, 6.45) is -0.182. The predicted octanol–water partition coefficient (Wildman–Crippen LogP) is 2.13. The second kappa shape index (κ2) is 10.1. The lowest BCUT2D eigenvalue weighted by molar-refractivity contribution is 0.0524. The molecule has 0 spiro atoms. The summed E-state index contributed by atoms with van der Waals surface area (Å²) in [4.78, 5) is 2.04. The van der Waals surface area contributed by atoms with Crippen LogP contribution in [0.25, 0.3) is 0 Å². The molecule has 164 valence electrons. The Kier molecular flexibility index (Phi) is 7.58. The third-order valence-electron chi connectivity index (χ3n) is 5.22. The average molecular weight is 436 g/mol. The van der Waals surface area contributed by atoms with E-state index >= 15 is 0 Å². The summed E-state index contributed by atoms with van der Waals surface area (Å²) in [5.74, 6) is 2.45. The molecule has 1 N–H and O–H groups in total. The first kappa shape index (κ1) is 22.4. The zero-order valence-corrected chi connectivity index (χ0v) is 18.2. The molecule has 0 aliphatic carbocycles. The van der Waals surface area contributed by atoms with Gasteiger partial charge in [0.05, 0.1) is 25.7 Å². The van der Waals surface area contributed by atoms with E-state index in [0.717, 1.165) is 17.1 Å². The van der Waals surface area contributed by atoms with Gasteiger partial charge in [-0.3, -0.25) is 4.90 Å². The fourth-order valence-electron chi connectivity index (χ4n) is 3.56. The Morgan fingerprint density at radius 2 is 1.57 bits per heavy atom. The van der Waals surface area contributed by atoms with Gasteiger partial charge in [-0.15, -0.1) is 0 Å². The summed E-state index contributed by atoms with van der Waals surface area (Å²) in [6, 6.07) is 14.7. The van der Waals surface area contributed by atoms with Crippen LogP contribution in [0.5, 0.6) is 17.2 Å². The third kappa shape index (κ3) is 6.35. The second-order valence-corrected chi connectivity index (χ2v) is 9.70. The van der Waals surface area contributed by atoms with Crippen LogP contribution in [-0.2, 0) is 16.4 Å².